The number of nitrogens with one attached hydrogen (secondary N) is 1. The summed E-state index contributed by atoms with van der Waals surface area (Å²) in [5, 5.41) is 5.10. The van der Waals surface area contributed by atoms with Gasteiger partial charge in [0.05, 0.1) is 27.5 Å². The van der Waals surface area contributed by atoms with Crippen LogP contribution in [0.4, 0.5) is 0 Å². The lowest BCUT2D eigenvalue weighted by Gasteiger charge is -2.12. The van der Waals surface area contributed by atoms with Crippen molar-refractivity contribution in [1.82, 2.24) is 5.43 Å². The van der Waals surface area contributed by atoms with E-state index in [-0.39, 0.29) is 6.61 Å². The molecule has 0 aliphatic carbocycles. The highest BCUT2D eigenvalue weighted by Crippen LogP contribution is 2.30. The number of rotatable bonds is 9. The summed E-state index contributed by atoms with van der Waals surface area (Å²) in [6, 6.07) is 15.3. The molecule has 1 amide bonds. The highest BCUT2D eigenvalue weighted by atomic mass is 35.5. The average molecular weight is 489 g/mol. The molecule has 172 valence electrons. The van der Waals surface area contributed by atoms with E-state index < -0.39 is 5.91 Å². The fraction of sp³-hybridized carbons (Fsp3) is 0.167. The summed E-state index contributed by atoms with van der Waals surface area (Å²) < 4.78 is 21.6. The van der Waals surface area contributed by atoms with Crippen molar-refractivity contribution in [3.05, 3.63) is 81.3 Å². The van der Waals surface area contributed by atoms with E-state index in [1.807, 2.05) is 0 Å². The summed E-state index contributed by atoms with van der Waals surface area (Å²) in [6.45, 7) is 0.250. The second-order valence-electron chi connectivity index (χ2n) is 6.74. The molecule has 3 rings (SSSR count). The normalized spacial score (nSPS) is 10.7. The first-order chi connectivity index (χ1) is 15.9. The molecule has 0 radical (unpaired) electrons. The first-order valence-electron chi connectivity index (χ1n) is 9.74. The highest BCUT2D eigenvalue weighted by molar-refractivity contribution is 6.35. The van der Waals surface area contributed by atoms with Crippen molar-refractivity contribution >= 4 is 35.3 Å². The Bertz CT molecular complexity index is 1150. The van der Waals surface area contributed by atoms with E-state index in [2.05, 4.69) is 10.5 Å². The van der Waals surface area contributed by atoms with Gasteiger partial charge in [-0.2, -0.15) is 5.10 Å². The SMILES string of the molecule is COc1cc(OC)cc(C(=O)NN=Cc2ccc(OCc3ccc(Cl)cc3Cl)c(OC)c2)c1. The quantitative estimate of drug-likeness (QED) is 0.323. The monoisotopic (exact) mass is 488 g/mol. The Kier molecular flexibility index (Phi) is 8.40. The predicted molar refractivity (Wildman–Crippen MR) is 128 cm³/mol. The fourth-order valence-corrected chi connectivity index (χ4v) is 3.31. The third-order valence-corrected chi connectivity index (χ3v) is 5.17. The van der Waals surface area contributed by atoms with Gasteiger partial charge >= 0.3 is 0 Å². The molecule has 0 aliphatic heterocycles. The number of halogens is 2. The summed E-state index contributed by atoms with van der Waals surface area (Å²) >= 11 is 12.1. The van der Waals surface area contributed by atoms with Gasteiger partial charge in [0.1, 0.15) is 18.1 Å². The number of carbonyl (C=O) groups excluding carboxylic acids is 1. The van der Waals surface area contributed by atoms with Gasteiger partial charge in [-0.05, 0) is 48.0 Å². The van der Waals surface area contributed by atoms with Crippen LogP contribution in [0, 0.1) is 0 Å². The van der Waals surface area contributed by atoms with E-state index in [9.17, 15) is 4.79 Å². The zero-order valence-corrected chi connectivity index (χ0v) is 19.7. The fourth-order valence-electron chi connectivity index (χ4n) is 2.85. The first kappa shape index (κ1) is 24.2. The van der Waals surface area contributed by atoms with Crippen LogP contribution in [-0.4, -0.2) is 33.5 Å². The van der Waals surface area contributed by atoms with Crippen LogP contribution in [0.3, 0.4) is 0 Å². The number of benzene rings is 3. The standard InChI is InChI=1S/C24H22Cl2N2O5/c1-30-19-9-17(10-20(12-19)31-2)24(29)28-27-13-15-4-7-22(23(8-15)32-3)33-14-16-5-6-18(25)11-21(16)26/h4-13H,14H2,1-3H3,(H,28,29). The van der Waals surface area contributed by atoms with Crippen LogP contribution < -0.4 is 24.4 Å². The zero-order valence-electron chi connectivity index (χ0n) is 18.2. The molecular formula is C24H22Cl2N2O5. The van der Waals surface area contributed by atoms with Crippen LogP contribution >= 0.6 is 23.2 Å². The number of methoxy groups -OCH3 is 3. The van der Waals surface area contributed by atoms with Gasteiger partial charge in [0.2, 0.25) is 0 Å². The van der Waals surface area contributed by atoms with Gasteiger partial charge in [-0.25, -0.2) is 5.43 Å². The van der Waals surface area contributed by atoms with Crippen molar-refractivity contribution in [2.75, 3.05) is 21.3 Å². The van der Waals surface area contributed by atoms with Crippen molar-refractivity contribution in [3.8, 4) is 23.0 Å². The summed E-state index contributed by atoms with van der Waals surface area (Å²) in [5.41, 5.74) is 4.33. The molecule has 0 unspecified atom stereocenters. The number of carbonyl (C=O) groups is 1. The smallest absolute Gasteiger partial charge is 0.271 e. The minimum absolute atomic E-state index is 0.250. The third kappa shape index (κ3) is 6.54. The molecule has 3 aromatic carbocycles. The van der Waals surface area contributed by atoms with E-state index in [1.54, 1.807) is 54.6 Å². The maximum absolute atomic E-state index is 12.4. The molecule has 33 heavy (non-hydrogen) atoms. The van der Waals surface area contributed by atoms with Gasteiger partial charge in [-0.1, -0.05) is 29.3 Å². The molecule has 0 atom stereocenters. The van der Waals surface area contributed by atoms with E-state index in [1.165, 1.54) is 27.5 Å². The minimum Gasteiger partial charge on any atom is -0.497 e. The molecule has 9 heteroatoms. The Morgan fingerprint density at radius 1 is 0.909 bits per heavy atom. The number of nitrogens with zero attached hydrogens (tertiary/aromatic N) is 1. The lowest BCUT2D eigenvalue weighted by molar-refractivity contribution is 0.0954. The van der Waals surface area contributed by atoms with Gasteiger partial charge in [0.15, 0.2) is 11.5 Å². The second kappa shape index (κ2) is 11.4. The molecule has 0 aliphatic rings. The first-order valence-corrected chi connectivity index (χ1v) is 10.5. The number of amides is 1. The molecule has 0 heterocycles. The van der Waals surface area contributed by atoms with Crippen molar-refractivity contribution in [1.29, 1.82) is 0 Å². The van der Waals surface area contributed by atoms with Gasteiger partial charge in [-0.3, -0.25) is 4.79 Å². The van der Waals surface area contributed by atoms with Crippen LogP contribution in [0.25, 0.3) is 0 Å². The predicted octanol–water partition coefficient (Wildman–Crippen LogP) is 5.36. The molecule has 0 saturated heterocycles. The third-order valence-electron chi connectivity index (χ3n) is 4.58. The van der Waals surface area contributed by atoms with Crippen molar-refractivity contribution in [3.63, 3.8) is 0 Å². The van der Waals surface area contributed by atoms with Crippen LogP contribution in [0.5, 0.6) is 23.0 Å². The summed E-state index contributed by atoms with van der Waals surface area (Å²) in [5.74, 6) is 1.64. The summed E-state index contributed by atoms with van der Waals surface area (Å²) in [7, 11) is 4.56. The van der Waals surface area contributed by atoms with Gasteiger partial charge in [0, 0.05) is 27.2 Å². The number of hydrogen-bond donors (Lipinski definition) is 1. The minimum atomic E-state index is -0.407. The Labute approximate surface area is 201 Å². The lowest BCUT2D eigenvalue weighted by Crippen LogP contribution is -2.17. The van der Waals surface area contributed by atoms with Gasteiger partial charge in [0.25, 0.3) is 5.91 Å². The van der Waals surface area contributed by atoms with Crippen LogP contribution in [-0.2, 0) is 6.61 Å². The topological polar surface area (TPSA) is 78.4 Å². The van der Waals surface area contributed by atoms with Crippen LogP contribution in [0.2, 0.25) is 10.0 Å². The van der Waals surface area contributed by atoms with E-state index in [0.717, 1.165) is 5.56 Å². The molecule has 0 bridgehead atoms. The van der Waals surface area contributed by atoms with E-state index in [4.69, 9.17) is 42.1 Å². The molecule has 0 aromatic heterocycles. The van der Waals surface area contributed by atoms with Crippen molar-refractivity contribution < 1.29 is 23.7 Å². The van der Waals surface area contributed by atoms with Gasteiger partial charge < -0.3 is 18.9 Å². The molecule has 0 spiro atoms. The van der Waals surface area contributed by atoms with Crippen molar-refractivity contribution in [2.24, 2.45) is 5.10 Å². The highest BCUT2D eigenvalue weighted by Gasteiger charge is 2.10. The van der Waals surface area contributed by atoms with Crippen LogP contribution in [0.15, 0.2) is 59.7 Å². The number of ether oxygens (including phenoxy) is 4. The maximum Gasteiger partial charge on any atom is 0.271 e. The average Bonchev–Trinajstić information content (AvgIpc) is 2.83. The lowest BCUT2D eigenvalue weighted by atomic mass is 10.2. The molecule has 3 aromatic rings. The van der Waals surface area contributed by atoms with E-state index in [0.29, 0.717) is 44.2 Å². The zero-order chi connectivity index (χ0) is 23.8. The molecule has 0 fully saturated rings. The molecule has 7 nitrogen and oxygen atoms in total. The van der Waals surface area contributed by atoms with E-state index >= 15 is 0 Å². The largest absolute Gasteiger partial charge is 0.497 e. The Morgan fingerprint density at radius 3 is 2.27 bits per heavy atom. The maximum atomic E-state index is 12.4. The summed E-state index contributed by atoms with van der Waals surface area (Å²) in [6.07, 6.45) is 1.50. The Balaban J connectivity index is 1.66. The number of hydrogen-bond acceptors (Lipinski definition) is 6. The molecule has 0 saturated carbocycles. The Hall–Kier alpha value is -3.42. The molecular weight excluding hydrogens is 467 g/mol. The second-order valence-corrected chi connectivity index (χ2v) is 7.58. The summed E-state index contributed by atoms with van der Waals surface area (Å²) in [4.78, 5) is 12.4. The van der Waals surface area contributed by atoms with Gasteiger partial charge in [-0.15, -0.1) is 0 Å². The number of hydrazone groups is 1. The Morgan fingerprint density at radius 2 is 1.64 bits per heavy atom. The van der Waals surface area contributed by atoms with Crippen molar-refractivity contribution in [2.45, 2.75) is 6.61 Å². The molecule has 1 N–H and O–H groups in total. The van der Waals surface area contributed by atoms with Crippen LogP contribution in [0.1, 0.15) is 21.5 Å².